The van der Waals surface area contributed by atoms with Gasteiger partial charge in [-0.3, -0.25) is 0 Å². The van der Waals surface area contributed by atoms with E-state index in [2.05, 4.69) is 9.97 Å². The molecular weight excluding hydrogens is 318 g/mol. The largest absolute Gasteiger partial charge is 0.252 e. The Bertz CT molecular complexity index is 744. The minimum absolute atomic E-state index is 0.0497. The lowest BCUT2D eigenvalue weighted by atomic mass is 10.1. The van der Waals surface area contributed by atoms with E-state index in [9.17, 15) is 8.42 Å². The van der Waals surface area contributed by atoms with Crippen LogP contribution in [0.5, 0.6) is 0 Å². The van der Waals surface area contributed by atoms with Crippen molar-refractivity contribution in [3.8, 4) is 0 Å². The molecule has 0 aliphatic carbocycles. The summed E-state index contributed by atoms with van der Waals surface area (Å²) in [6, 6.07) is 1.64. The zero-order valence-corrected chi connectivity index (χ0v) is 13.3. The van der Waals surface area contributed by atoms with Crippen molar-refractivity contribution in [3.05, 3.63) is 17.5 Å². The molecule has 0 aromatic carbocycles. The van der Waals surface area contributed by atoms with Gasteiger partial charge in [0.05, 0.1) is 10.2 Å². The number of aromatic nitrogens is 2. The molecule has 1 atom stereocenters. The molecule has 1 saturated heterocycles. The molecule has 3 heterocycles. The van der Waals surface area contributed by atoms with Gasteiger partial charge in [0.15, 0.2) is 0 Å². The van der Waals surface area contributed by atoms with E-state index in [0.29, 0.717) is 16.3 Å². The van der Waals surface area contributed by atoms with Crippen molar-refractivity contribution in [2.24, 2.45) is 0 Å². The highest BCUT2D eigenvalue weighted by Gasteiger charge is 2.32. The molecular formula is C12H14ClN3O2S2. The number of halogens is 1. The minimum atomic E-state index is -3.44. The van der Waals surface area contributed by atoms with E-state index in [0.717, 1.165) is 24.0 Å². The van der Waals surface area contributed by atoms with Gasteiger partial charge in [-0.15, -0.1) is 11.3 Å². The van der Waals surface area contributed by atoms with E-state index < -0.39 is 10.0 Å². The minimum Gasteiger partial charge on any atom is -0.225 e. The van der Waals surface area contributed by atoms with Crippen molar-refractivity contribution in [2.45, 2.75) is 36.4 Å². The summed E-state index contributed by atoms with van der Waals surface area (Å²) in [6.07, 6.45) is 4.48. The number of fused-ring (bicyclic) bond motifs is 1. The van der Waals surface area contributed by atoms with Gasteiger partial charge in [0.1, 0.15) is 4.21 Å². The highest BCUT2D eigenvalue weighted by atomic mass is 35.5. The zero-order chi connectivity index (χ0) is 14.3. The predicted molar refractivity (Wildman–Crippen MR) is 79.6 cm³/mol. The third-order valence-corrected chi connectivity index (χ3v) is 7.23. The molecule has 3 rings (SSSR count). The van der Waals surface area contributed by atoms with Crippen LogP contribution >= 0.6 is 22.9 Å². The second-order valence-corrected chi connectivity index (χ2v) is 8.45. The van der Waals surface area contributed by atoms with E-state index in [1.807, 2.05) is 6.92 Å². The Morgan fingerprint density at radius 3 is 3.00 bits per heavy atom. The van der Waals surface area contributed by atoms with Crippen molar-refractivity contribution in [2.75, 3.05) is 6.54 Å². The Kier molecular flexibility index (Phi) is 3.70. The summed E-state index contributed by atoms with van der Waals surface area (Å²) in [5.41, 5.74) is 0.582. The van der Waals surface area contributed by atoms with Gasteiger partial charge >= 0.3 is 0 Å². The maximum atomic E-state index is 12.7. The van der Waals surface area contributed by atoms with Crippen LogP contribution in [0.25, 0.3) is 10.2 Å². The van der Waals surface area contributed by atoms with Crippen molar-refractivity contribution in [3.63, 3.8) is 0 Å². The maximum Gasteiger partial charge on any atom is 0.252 e. The lowest BCUT2D eigenvalue weighted by molar-refractivity contribution is 0.269. The maximum absolute atomic E-state index is 12.7. The Balaban J connectivity index is 2.04. The molecule has 108 valence electrons. The Morgan fingerprint density at radius 2 is 2.25 bits per heavy atom. The van der Waals surface area contributed by atoms with Crippen LogP contribution in [-0.4, -0.2) is 35.3 Å². The monoisotopic (exact) mass is 331 g/mol. The summed E-state index contributed by atoms with van der Waals surface area (Å²) in [4.78, 5) is 7.94. The molecule has 0 bridgehead atoms. The fourth-order valence-electron chi connectivity index (χ4n) is 2.46. The number of nitrogens with zero attached hydrogens (tertiary/aromatic N) is 3. The van der Waals surface area contributed by atoms with Gasteiger partial charge in [-0.2, -0.15) is 4.31 Å². The molecule has 0 saturated carbocycles. The van der Waals surface area contributed by atoms with Crippen molar-refractivity contribution < 1.29 is 8.42 Å². The quantitative estimate of drug-likeness (QED) is 0.794. The molecule has 2 aromatic rings. The van der Waals surface area contributed by atoms with E-state index >= 15 is 0 Å². The normalized spacial score (nSPS) is 21.4. The average molecular weight is 332 g/mol. The van der Waals surface area contributed by atoms with E-state index in [-0.39, 0.29) is 11.3 Å². The standard InChI is InChI=1S/C12H14ClN3O2S2/c1-8-4-2-3-5-16(8)20(17,18)11-6-9-10(19-11)7-14-12(13)15-9/h6-8H,2-5H2,1H3/t8-/m0/s1. The van der Waals surface area contributed by atoms with E-state index in [4.69, 9.17) is 11.6 Å². The van der Waals surface area contributed by atoms with Crippen molar-refractivity contribution in [1.29, 1.82) is 0 Å². The lowest BCUT2D eigenvalue weighted by Crippen LogP contribution is -2.41. The Labute approximate surface area is 126 Å². The highest BCUT2D eigenvalue weighted by molar-refractivity contribution is 7.91. The number of hydrogen-bond donors (Lipinski definition) is 0. The first-order valence-electron chi connectivity index (χ1n) is 6.42. The fourth-order valence-corrected chi connectivity index (χ4v) is 5.72. The summed E-state index contributed by atoms with van der Waals surface area (Å²) in [6.45, 7) is 2.55. The van der Waals surface area contributed by atoms with Gasteiger partial charge in [-0.05, 0) is 37.4 Å². The second kappa shape index (κ2) is 5.22. The molecule has 0 radical (unpaired) electrons. The van der Waals surface area contributed by atoms with Gasteiger partial charge in [0.25, 0.3) is 10.0 Å². The lowest BCUT2D eigenvalue weighted by Gasteiger charge is -2.31. The van der Waals surface area contributed by atoms with E-state index in [1.54, 1.807) is 16.6 Å². The number of hydrogen-bond acceptors (Lipinski definition) is 5. The number of piperidine rings is 1. The first-order valence-corrected chi connectivity index (χ1v) is 9.06. The van der Waals surface area contributed by atoms with E-state index in [1.165, 1.54) is 11.3 Å². The molecule has 1 aliphatic heterocycles. The summed E-state index contributed by atoms with van der Waals surface area (Å²) < 4.78 is 28.1. The summed E-state index contributed by atoms with van der Waals surface area (Å²) in [5, 5.41) is 0.130. The number of thiophene rings is 1. The molecule has 1 aliphatic rings. The first kappa shape index (κ1) is 14.2. The average Bonchev–Trinajstić information content (AvgIpc) is 2.82. The molecule has 2 aromatic heterocycles. The van der Waals surface area contributed by atoms with Crippen LogP contribution in [0, 0.1) is 0 Å². The van der Waals surface area contributed by atoms with Gasteiger partial charge in [-0.25, -0.2) is 18.4 Å². The third kappa shape index (κ3) is 2.43. The summed E-state index contributed by atoms with van der Waals surface area (Å²) in [7, 11) is -3.44. The Morgan fingerprint density at radius 1 is 1.45 bits per heavy atom. The van der Waals surface area contributed by atoms with Gasteiger partial charge in [-0.1, -0.05) is 6.42 Å². The van der Waals surface area contributed by atoms with Crippen LogP contribution in [0.4, 0.5) is 0 Å². The smallest absolute Gasteiger partial charge is 0.225 e. The second-order valence-electron chi connectivity index (χ2n) is 4.91. The Hall–Kier alpha value is -0.760. The van der Waals surface area contributed by atoms with Crippen molar-refractivity contribution in [1.82, 2.24) is 14.3 Å². The molecule has 0 unspecified atom stereocenters. The molecule has 20 heavy (non-hydrogen) atoms. The molecule has 8 heteroatoms. The summed E-state index contributed by atoms with van der Waals surface area (Å²) in [5.74, 6) is 0. The van der Waals surface area contributed by atoms with Gasteiger partial charge in [0.2, 0.25) is 5.28 Å². The predicted octanol–water partition coefficient (Wildman–Crippen LogP) is 2.91. The van der Waals surface area contributed by atoms with Crippen LogP contribution in [-0.2, 0) is 10.0 Å². The molecule has 0 amide bonds. The number of rotatable bonds is 2. The zero-order valence-electron chi connectivity index (χ0n) is 10.9. The first-order chi connectivity index (χ1) is 9.48. The van der Waals surface area contributed by atoms with Crippen LogP contribution < -0.4 is 0 Å². The molecule has 1 fully saturated rings. The molecule has 5 nitrogen and oxygen atoms in total. The molecule has 0 spiro atoms. The van der Waals surface area contributed by atoms with Gasteiger partial charge < -0.3 is 0 Å². The summed E-state index contributed by atoms with van der Waals surface area (Å²) >= 11 is 6.93. The number of sulfonamides is 1. The molecule has 0 N–H and O–H groups in total. The SMILES string of the molecule is C[C@H]1CCCCN1S(=O)(=O)c1cc2nc(Cl)ncc2s1. The third-order valence-electron chi connectivity index (χ3n) is 3.52. The van der Waals surface area contributed by atoms with Gasteiger partial charge in [0, 0.05) is 18.8 Å². The van der Waals surface area contributed by atoms with Crippen molar-refractivity contribution >= 4 is 43.2 Å². The van der Waals surface area contributed by atoms with Crippen LogP contribution in [0.15, 0.2) is 16.5 Å². The fraction of sp³-hybridized carbons (Fsp3) is 0.500. The van der Waals surface area contributed by atoms with Crippen LogP contribution in [0.1, 0.15) is 26.2 Å². The highest BCUT2D eigenvalue weighted by Crippen LogP contribution is 2.32. The van der Waals surface area contributed by atoms with Crippen LogP contribution in [0.2, 0.25) is 5.28 Å². The topological polar surface area (TPSA) is 63.2 Å². The van der Waals surface area contributed by atoms with Crippen LogP contribution in [0.3, 0.4) is 0 Å².